The lowest BCUT2D eigenvalue weighted by molar-refractivity contribution is 1.11. The van der Waals surface area contributed by atoms with Crippen LogP contribution in [-0.4, -0.2) is 14.1 Å². The van der Waals surface area contributed by atoms with Gasteiger partial charge in [0.1, 0.15) is 0 Å². The largest absolute Gasteiger partial charge is 0.377 e. The average Bonchev–Trinajstić information content (AvgIpc) is 1.94. The molecule has 0 atom stereocenters. The highest BCUT2D eigenvalue weighted by Crippen LogP contribution is 2.22. The van der Waals surface area contributed by atoms with Crippen molar-refractivity contribution >= 4 is 21.6 Å². The van der Waals surface area contributed by atoms with E-state index in [9.17, 15) is 0 Å². The van der Waals surface area contributed by atoms with E-state index in [-0.39, 0.29) is 0 Å². The normalized spacial score (nSPS) is 9.82. The maximum absolute atomic E-state index is 3.44. The molecule has 0 spiro atoms. The molecule has 1 rings (SSSR count). The number of rotatable bonds is 1. The Morgan fingerprint density at radius 1 is 1.27 bits per heavy atom. The van der Waals surface area contributed by atoms with Crippen molar-refractivity contribution in [2.45, 2.75) is 6.92 Å². The Balaban J connectivity index is 3.13. The molecular formula is C9H12BrN. The van der Waals surface area contributed by atoms with Crippen LogP contribution in [0.15, 0.2) is 22.7 Å². The molecular weight excluding hydrogens is 202 g/mol. The van der Waals surface area contributed by atoms with Crippen molar-refractivity contribution in [3.63, 3.8) is 0 Å². The van der Waals surface area contributed by atoms with Crippen LogP contribution >= 0.6 is 15.9 Å². The number of aryl methyl sites for hydroxylation is 1. The van der Waals surface area contributed by atoms with Crippen molar-refractivity contribution in [3.8, 4) is 0 Å². The molecule has 0 aliphatic carbocycles. The predicted molar refractivity (Wildman–Crippen MR) is 53.2 cm³/mol. The maximum Gasteiger partial charge on any atom is 0.0402 e. The Hall–Kier alpha value is -0.500. The molecule has 0 aliphatic rings. The molecule has 0 saturated carbocycles. The Kier molecular flexibility index (Phi) is 2.55. The van der Waals surface area contributed by atoms with E-state index in [2.05, 4.69) is 60.0 Å². The van der Waals surface area contributed by atoms with Gasteiger partial charge in [0, 0.05) is 24.3 Å². The summed E-state index contributed by atoms with van der Waals surface area (Å²) in [6, 6.07) is 6.29. The fourth-order valence-corrected chi connectivity index (χ4v) is 1.41. The van der Waals surface area contributed by atoms with Gasteiger partial charge in [-0.2, -0.15) is 0 Å². The second-order valence-electron chi connectivity index (χ2n) is 2.83. The van der Waals surface area contributed by atoms with Gasteiger partial charge >= 0.3 is 0 Å². The first-order valence-corrected chi connectivity index (χ1v) is 4.34. The van der Waals surface area contributed by atoms with Crippen LogP contribution in [0, 0.1) is 6.92 Å². The molecule has 0 aromatic heterocycles. The van der Waals surface area contributed by atoms with E-state index in [4.69, 9.17) is 0 Å². The number of hydrogen-bond donors (Lipinski definition) is 0. The number of nitrogens with zero attached hydrogens (tertiary/aromatic N) is 1. The third-order valence-electron chi connectivity index (χ3n) is 1.65. The van der Waals surface area contributed by atoms with E-state index in [1.807, 2.05) is 0 Å². The van der Waals surface area contributed by atoms with Crippen LogP contribution < -0.4 is 4.90 Å². The van der Waals surface area contributed by atoms with Gasteiger partial charge in [-0.05, 0) is 24.6 Å². The summed E-state index contributed by atoms with van der Waals surface area (Å²) in [5.41, 5.74) is 2.57. The van der Waals surface area contributed by atoms with Gasteiger partial charge in [0.05, 0.1) is 0 Å². The topological polar surface area (TPSA) is 3.24 Å². The summed E-state index contributed by atoms with van der Waals surface area (Å²) in [6.07, 6.45) is 0. The van der Waals surface area contributed by atoms with Crippen molar-refractivity contribution in [1.82, 2.24) is 0 Å². The molecule has 0 aliphatic heterocycles. The molecule has 0 N–H and O–H groups in total. The van der Waals surface area contributed by atoms with E-state index in [0.717, 1.165) is 4.47 Å². The van der Waals surface area contributed by atoms with Gasteiger partial charge in [-0.25, -0.2) is 0 Å². The second-order valence-corrected chi connectivity index (χ2v) is 3.74. The third kappa shape index (κ3) is 1.96. The maximum atomic E-state index is 3.44. The minimum atomic E-state index is 1.13. The van der Waals surface area contributed by atoms with Gasteiger partial charge in [0.2, 0.25) is 0 Å². The van der Waals surface area contributed by atoms with Crippen LogP contribution in [0.25, 0.3) is 0 Å². The Bertz CT molecular complexity index is 256. The zero-order chi connectivity index (χ0) is 8.43. The highest BCUT2D eigenvalue weighted by molar-refractivity contribution is 9.10. The zero-order valence-electron chi connectivity index (χ0n) is 7.06. The van der Waals surface area contributed by atoms with Crippen LogP contribution in [0.5, 0.6) is 0 Å². The standard InChI is InChI=1S/C9H12BrN/c1-7-4-5-8(10)6-9(7)11(2)3/h4-6H,1-3H3. The zero-order valence-corrected chi connectivity index (χ0v) is 8.64. The van der Waals surface area contributed by atoms with Crippen LogP contribution in [-0.2, 0) is 0 Å². The molecule has 11 heavy (non-hydrogen) atoms. The van der Waals surface area contributed by atoms with Crippen LogP contribution in [0.4, 0.5) is 5.69 Å². The van der Waals surface area contributed by atoms with E-state index in [0.29, 0.717) is 0 Å². The quantitative estimate of drug-likeness (QED) is 0.694. The smallest absolute Gasteiger partial charge is 0.0402 e. The van der Waals surface area contributed by atoms with Crippen molar-refractivity contribution in [3.05, 3.63) is 28.2 Å². The van der Waals surface area contributed by atoms with Crippen LogP contribution in [0.1, 0.15) is 5.56 Å². The molecule has 0 saturated heterocycles. The molecule has 0 heterocycles. The number of benzene rings is 1. The molecule has 0 amide bonds. The second kappa shape index (κ2) is 3.26. The summed E-state index contributed by atoms with van der Waals surface area (Å²) < 4.78 is 1.13. The van der Waals surface area contributed by atoms with Gasteiger partial charge in [0.25, 0.3) is 0 Å². The number of halogens is 1. The highest BCUT2D eigenvalue weighted by atomic mass is 79.9. The molecule has 60 valence electrons. The lowest BCUT2D eigenvalue weighted by atomic mass is 10.2. The molecule has 1 nitrogen and oxygen atoms in total. The molecule has 0 unspecified atom stereocenters. The van der Waals surface area contributed by atoms with Gasteiger partial charge < -0.3 is 4.90 Å². The average molecular weight is 214 g/mol. The number of hydrogen-bond acceptors (Lipinski definition) is 1. The first kappa shape index (κ1) is 8.60. The first-order chi connectivity index (χ1) is 5.11. The molecule has 0 fully saturated rings. The Morgan fingerprint density at radius 3 is 2.36 bits per heavy atom. The molecule has 0 bridgehead atoms. The van der Waals surface area contributed by atoms with Gasteiger partial charge in [0.15, 0.2) is 0 Å². The molecule has 1 aromatic rings. The highest BCUT2D eigenvalue weighted by Gasteiger charge is 1.99. The summed E-state index contributed by atoms with van der Waals surface area (Å²) in [5, 5.41) is 0. The third-order valence-corrected chi connectivity index (χ3v) is 2.15. The lowest BCUT2D eigenvalue weighted by Gasteiger charge is -2.15. The fraction of sp³-hybridized carbons (Fsp3) is 0.333. The van der Waals surface area contributed by atoms with Crippen LogP contribution in [0.3, 0.4) is 0 Å². The van der Waals surface area contributed by atoms with Gasteiger partial charge in [-0.3, -0.25) is 0 Å². The summed E-state index contributed by atoms with van der Waals surface area (Å²) in [5.74, 6) is 0. The van der Waals surface area contributed by atoms with Crippen molar-refractivity contribution < 1.29 is 0 Å². The first-order valence-electron chi connectivity index (χ1n) is 3.55. The van der Waals surface area contributed by atoms with Gasteiger partial charge in [-0.1, -0.05) is 22.0 Å². The monoisotopic (exact) mass is 213 g/mol. The molecule has 1 aromatic carbocycles. The van der Waals surface area contributed by atoms with Crippen molar-refractivity contribution in [2.24, 2.45) is 0 Å². The van der Waals surface area contributed by atoms with E-state index < -0.39 is 0 Å². The summed E-state index contributed by atoms with van der Waals surface area (Å²) in [4.78, 5) is 2.11. The molecule has 2 heteroatoms. The lowest BCUT2D eigenvalue weighted by Crippen LogP contribution is -2.09. The minimum absolute atomic E-state index is 1.13. The van der Waals surface area contributed by atoms with Gasteiger partial charge in [-0.15, -0.1) is 0 Å². The SMILES string of the molecule is Cc1ccc(Br)cc1N(C)C. The Morgan fingerprint density at radius 2 is 1.91 bits per heavy atom. The van der Waals surface area contributed by atoms with E-state index >= 15 is 0 Å². The summed E-state index contributed by atoms with van der Waals surface area (Å²) in [6.45, 7) is 2.11. The van der Waals surface area contributed by atoms with Crippen molar-refractivity contribution in [2.75, 3.05) is 19.0 Å². The fourth-order valence-electron chi connectivity index (χ4n) is 1.06. The van der Waals surface area contributed by atoms with E-state index in [1.165, 1.54) is 11.3 Å². The van der Waals surface area contributed by atoms with Crippen LogP contribution in [0.2, 0.25) is 0 Å². The predicted octanol–water partition coefficient (Wildman–Crippen LogP) is 2.82. The summed E-state index contributed by atoms with van der Waals surface area (Å²) >= 11 is 3.44. The van der Waals surface area contributed by atoms with E-state index in [1.54, 1.807) is 0 Å². The summed E-state index contributed by atoms with van der Waals surface area (Å²) in [7, 11) is 4.10. The minimum Gasteiger partial charge on any atom is -0.377 e. The van der Waals surface area contributed by atoms with Crippen molar-refractivity contribution in [1.29, 1.82) is 0 Å². The Labute approximate surface area is 76.2 Å². The number of anilines is 1. The molecule has 0 radical (unpaired) electrons.